The largest absolute Gasteiger partial charge is 0.487 e. The highest BCUT2D eigenvalue weighted by Crippen LogP contribution is 2.18. The average Bonchev–Trinajstić information content (AvgIpc) is 2.53. The first-order valence-electron chi connectivity index (χ1n) is 7.05. The highest BCUT2D eigenvalue weighted by Gasteiger charge is 2.02. The molecule has 106 valence electrons. The van der Waals surface area contributed by atoms with Crippen molar-refractivity contribution in [2.24, 2.45) is 5.73 Å². The molecule has 1 atom stereocenters. The molecule has 0 unspecified atom stereocenters. The highest BCUT2D eigenvalue weighted by molar-refractivity contribution is 5.78. The number of hydrogen-bond donors (Lipinski definition) is 1. The Morgan fingerprint density at radius 2 is 1.76 bits per heavy atom. The van der Waals surface area contributed by atoms with Crippen molar-refractivity contribution in [2.75, 3.05) is 0 Å². The number of nitrogens with zero attached hydrogens (tertiary/aromatic N) is 1. The molecule has 0 saturated carbocycles. The lowest BCUT2D eigenvalue weighted by atomic mass is 10.1. The quantitative estimate of drug-likeness (QED) is 0.789. The molecule has 0 radical (unpaired) electrons. The Hall–Kier alpha value is -2.39. The van der Waals surface area contributed by atoms with Crippen molar-refractivity contribution < 1.29 is 4.74 Å². The van der Waals surface area contributed by atoms with Gasteiger partial charge in [-0.05, 0) is 36.8 Å². The molecular weight excluding hydrogens is 260 g/mol. The number of ether oxygens (including phenoxy) is 1. The third-order valence-corrected chi connectivity index (χ3v) is 3.45. The lowest BCUT2D eigenvalue weighted by molar-refractivity contribution is 0.301. The Labute approximate surface area is 124 Å². The van der Waals surface area contributed by atoms with Crippen LogP contribution in [0.1, 0.15) is 24.2 Å². The van der Waals surface area contributed by atoms with E-state index in [0.29, 0.717) is 6.61 Å². The maximum Gasteiger partial charge on any atom is 0.130 e. The summed E-state index contributed by atoms with van der Waals surface area (Å²) in [7, 11) is 0. The van der Waals surface area contributed by atoms with Crippen LogP contribution < -0.4 is 10.5 Å². The number of pyridine rings is 1. The van der Waals surface area contributed by atoms with E-state index in [0.717, 1.165) is 27.9 Å². The summed E-state index contributed by atoms with van der Waals surface area (Å²) in [6.45, 7) is 2.43. The predicted molar refractivity (Wildman–Crippen MR) is 85.1 cm³/mol. The van der Waals surface area contributed by atoms with Crippen LogP contribution in [0.2, 0.25) is 0 Å². The van der Waals surface area contributed by atoms with E-state index in [9.17, 15) is 0 Å². The molecule has 0 fully saturated rings. The van der Waals surface area contributed by atoms with Crippen LogP contribution in [0.15, 0.2) is 60.7 Å². The van der Waals surface area contributed by atoms with Gasteiger partial charge in [0, 0.05) is 11.4 Å². The molecule has 0 aliphatic heterocycles. The first-order chi connectivity index (χ1) is 10.2. The van der Waals surface area contributed by atoms with E-state index in [2.05, 4.69) is 17.1 Å². The van der Waals surface area contributed by atoms with E-state index in [1.54, 1.807) is 0 Å². The second-order valence-electron chi connectivity index (χ2n) is 5.14. The van der Waals surface area contributed by atoms with E-state index < -0.39 is 0 Å². The smallest absolute Gasteiger partial charge is 0.130 e. The van der Waals surface area contributed by atoms with Gasteiger partial charge in [0.1, 0.15) is 12.4 Å². The molecule has 0 spiro atoms. The average molecular weight is 278 g/mol. The number of nitrogens with two attached hydrogens (primary N) is 1. The Morgan fingerprint density at radius 3 is 2.52 bits per heavy atom. The third kappa shape index (κ3) is 3.20. The van der Waals surface area contributed by atoms with Crippen LogP contribution in [-0.4, -0.2) is 4.98 Å². The molecule has 21 heavy (non-hydrogen) atoms. The minimum absolute atomic E-state index is 0.0428. The number of para-hydroxylation sites is 1. The van der Waals surface area contributed by atoms with Gasteiger partial charge in [0.25, 0.3) is 0 Å². The van der Waals surface area contributed by atoms with Crippen molar-refractivity contribution in [2.45, 2.75) is 19.6 Å². The summed E-state index contributed by atoms with van der Waals surface area (Å²) in [6.07, 6.45) is 0. The van der Waals surface area contributed by atoms with E-state index >= 15 is 0 Å². The summed E-state index contributed by atoms with van der Waals surface area (Å²) in [6, 6.07) is 20.1. The molecule has 0 bridgehead atoms. The van der Waals surface area contributed by atoms with E-state index in [1.807, 2.05) is 55.5 Å². The van der Waals surface area contributed by atoms with Crippen LogP contribution in [0.25, 0.3) is 10.9 Å². The van der Waals surface area contributed by atoms with Crippen LogP contribution in [0.4, 0.5) is 0 Å². The maximum atomic E-state index is 5.83. The number of fused-ring (bicyclic) bond motifs is 1. The van der Waals surface area contributed by atoms with E-state index in [4.69, 9.17) is 10.5 Å². The molecule has 1 aromatic heterocycles. The topological polar surface area (TPSA) is 48.1 Å². The van der Waals surface area contributed by atoms with Crippen LogP contribution in [-0.2, 0) is 6.61 Å². The molecule has 0 saturated heterocycles. The summed E-state index contributed by atoms with van der Waals surface area (Å²) >= 11 is 0. The standard InChI is InChI=1S/C18H18N2O/c1-13(19)14-7-10-17(11-8-14)21-12-16-9-6-15-4-2-3-5-18(15)20-16/h2-11,13H,12,19H2,1H3/t13-/m1/s1. The van der Waals surface area contributed by atoms with Crippen LogP contribution >= 0.6 is 0 Å². The van der Waals surface area contributed by atoms with Crippen molar-refractivity contribution in [3.63, 3.8) is 0 Å². The van der Waals surface area contributed by atoms with Gasteiger partial charge in [-0.3, -0.25) is 0 Å². The van der Waals surface area contributed by atoms with Gasteiger partial charge in [0.15, 0.2) is 0 Å². The number of hydrogen-bond acceptors (Lipinski definition) is 3. The van der Waals surface area contributed by atoms with Crippen molar-refractivity contribution in [3.05, 3.63) is 71.9 Å². The maximum absolute atomic E-state index is 5.83. The van der Waals surface area contributed by atoms with Crippen molar-refractivity contribution in [3.8, 4) is 5.75 Å². The molecule has 0 aliphatic carbocycles. The van der Waals surface area contributed by atoms with Gasteiger partial charge in [0.2, 0.25) is 0 Å². The Balaban J connectivity index is 1.71. The van der Waals surface area contributed by atoms with Crippen molar-refractivity contribution in [1.29, 1.82) is 0 Å². The van der Waals surface area contributed by atoms with Crippen LogP contribution in [0.5, 0.6) is 5.75 Å². The Morgan fingerprint density at radius 1 is 1.00 bits per heavy atom. The van der Waals surface area contributed by atoms with E-state index in [1.165, 1.54) is 0 Å². The Kier molecular flexibility index (Phi) is 3.84. The summed E-state index contributed by atoms with van der Waals surface area (Å²) in [4.78, 5) is 4.59. The molecule has 1 heterocycles. The predicted octanol–water partition coefficient (Wildman–Crippen LogP) is 3.83. The first-order valence-corrected chi connectivity index (χ1v) is 7.05. The molecule has 3 aromatic rings. The van der Waals surface area contributed by atoms with Crippen molar-refractivity contribution >= 4 is 10.9 Å². The van der Waals surface area contributed by atoms with Gasteiger partial charge in [0.05, 0.1) is 11.2 Å². The van der Waals surface area contributed by atoms with Crippen LogP contribution in [0, 0.1) is 0 Å². The number of rotatable bonds is 4. The molecule has 3 rings (SSSR count). The van der Waals surface area contributed by atoms with E-state index in [-0.39, 0.29) is 6.04 Å². The summed E-state index contributed by atoms with van der Waals surface area (Å²) in [5.74, 6) is 0.828. The lowest BCUT2D eigenvalue weighted by Gasteiger charge is -2.09. The third-order valence-electron chi connectivity index (χ3n) is 3.45. The minimum atomic E-state index is 0.0428. The zero-order chi connectivity index (χ0) is 14.7. The van der Waals surface area contributed by atoms with Gasteiger partial charge >= 0.3 is 0 Å². The summed E-state index contributed by atoms with van der Waals surface area (Å²) < 4.78 is 5.77. The molecule has 0 aliphatic rings. The first kappa shape index (κ1) is 13.6. The SMILES string of the molecule is C[C@@H](N)c1ccc(OCc2ccc3ccccc3n2)cc1. The molecule has 3 heteroatoms. The van der Waals surface area contributed by atoms with Crippen LogP contribution in [0.3, 0.4) is 0 Å². The normalized spacial score (nSPS) is 12.3. The fraction of sp³-hybridized carbons (Fsp3) is 0.167. The van der Waals surface area contributed by atoms with Gasteiger partial charge in [-0.15, -0.1) is 0 Å². The minimum Gasteiger partial charge on any atom is -0.487 e. The number of benzene rings is 2. The van der Waals surface area contributed by atoms with Gasteiger partial charge in [-0.1, -0.05) is 36.4 Å². The second kappa shape index (κ2) is 5.94. The molecule has 3 nitrogen and oxygen atoms in total. The monoisotopic (exact) mass is 278 g/mol. The second-order valence-corrected chi connectivity index (χ2v) is 5.14. The highest BCUT2D eigenvalue weighted by atomic mass is 16.5. The van der Waals surface area contributed by atoms with Gasteiger partial charge in [-0.25, -0.2) is 4.98 Å². The molecule has 0 amide bonds. The zero-order valence-corrected chi connectivity index (χ0v) is 12.0. The molecule has 2 N–H and O–H groups in total. The van der Waals surface area contributed by atoms with Gasteiger partial charge < -0.3 is 10.5 Å². The summed E-state index contributed by atoms with van der Waals surface area (Å²) in [5.41, 5.74) is 8.85. The lowest BCUT2D eigenvalue weighted by Crippen LogP contribution is -2.04. The number of aromatic nitrogens is 1. The fourth-order valence-electron chi connectivity index (χ4n) is 2.21. The summed E-state index contributed by atoms with van der Waals surface area (Å²) in [5, 5.41) is 1.14. The zero-order valence-electron chi connectivity index (χ0n) is 12.0. The van der Waals surface area contributed by atoms with Crippen molar-refractivity contribution in [1.82, 2.24) is 4.98 Å². The molecular formula is C18H18N2O. The molecule has 2 aromatic carbocycles. The fourth-order valence-corrected chi connectivity index (χ4v) is 2.21. The van der Waals surface area contributed by atoms with Gasteiger partial charge in [-0.2, -0.15) is 0 Å². The Bertz CT molecular complexity index is 736.